The summed E-state index contributed by atoms with van der Waals surface area (Å²) in [6.07, 6.45) is 1.16. The minimum Gasteiger partial charge on any atom is -0.355 e. The first-order valence-corrected chi connectivity index (χ1v) is 11.5. The van der Waals surface area contributed by atoms with Crippen molar-refractivity contribution in [3.05, 3.63) is 101 Å². The van der Waals surface area contributed by atoms with Crippen molar-refractivity contribution in [2.24, 2.45) is 0 Å². The van der Waals surface area contributed by atoms with Crippen molar-refractivity contribution in [3.8, 4) is 0 Å². The summed E-state index contributed by atoms with van der Waals surface area (Å²) >= 11 is 0. The number of nitrogens with zero attached hydrogens (tertiary/aromatic N) is 2. The molecule has 4 aromatic rings. The van der Waals surface area contributed by atoms with E-state index in [0.717, 1.165) is 67.1 Å². The van der Waals surface area contributed by atoms with E-state index in [9.17, 15) is 0 Å². The number of hydrogen-bond donors (Lipinski definition) is 2. The topological polar surface area (TPSA) is 40.2 Å². The predicted octanol–water partition coefficient (Wildman–Crippen LogP) is 5.43. The molecule has 0 radical (unpaired) electrons. The molecule has 0 aliphatic carbocycles. The molecule has 2 heterocycles. The lowest BCUT2D eigenvalue weighted by molar-refractivity contribution is 0.254. The van der Waals surface area contributed by atoms with Gasteiger partial charge < -0.3 is 10.6 Å². The maximum atomic E-state index is 4.64. The van der Waals surface area contributed by atoms with Gasteiger partial charge in [0, 0.05) is 55.2 Å². The van der Waals surface area contributed by atoms with Crippen LogP contribution in [0.25, 0.3) is 10.9 Å². The summed E-state index contributed by atoms with van der Waals surface area (Å²) in [5.74, 6) is 0. The number of aryl methyl sites for hydroxylation is 1. The van der Waals surface area contributed by atoms with Gasteiger partial charge in [0.15, 0.2) is 0 Å². The SMILES string of the molecule is Cc1cc(Nc2cccc(CNCCN3CCc4ccccc4C3)c2)c2ccccc2n1. The highest BCUT2D eigenvalue weighted by atomic mass is 15.1. The third-order valence-electron chi connectivity index (χ3n) is 6.19. The highest BCUT2D eigenvalue weighted by molar-refractivity contribution is 5.93. The molecule has 2 N–H and O–H groups in total. The Kier molecular flexibility index (Phi) is 6.15. The highest BCUT2D eigenvalue weighted by Crippen LogP contribution is 2.26. The van der Waals surface area contributed by atoms with Gasteiger partial charge in [0.25, 0.3) is 0 Å². The molecular weight excluding hydrogens is 392 g/mol. The van der Waals surface area contributed by atoms with Crippen molar-refractivity contribution in [1.29, 1.82) is 0 Å². The first-order valence-electron chi connectivity index (χ1n) is 11.5. The Morgan fingerprint density at radius 2 is 1.75 bits per heavy atom. The van der Waals surface area contributed by atoms with Crippen molar-refractivity contribution in [2.75, 3.05) is 25.0 Å². The molecule has 0 saturated heterocycles. The number of nitrogens with one attached hydrogen (secondary N) is 2. The average Bonchev–Trinajstić information content (AvgIpc) is 2.82. The predicted molar refractivity (Wildman–Crippen MR) is 133 cm³/mol. The number of anilines is 2. The Hall–Kier alpha value is -3.21. The lowest BCUT2D eigenvalue weighted by Crippen LogP contribution is -2.35. The molecule has 0 amide bonds. The van der Waals surface area contributed by atoms with Gasteiger partial charge in [-0.3, -0.25) is 9.88 Å². The molecule has 0 fully saturated rings. The molecule has 0 atom stereocenters. The summed E-state index contributed by atoms with van der Waals surface area (Å²) < 4.78 is 0. The van der Waals surface area contributed by atoms with E-state index in [1.54, 1.807) is 0 Å². The summed E-state index contributed by atoms with van der Waals surface area (Å²) in [5, 5.41) is 8.37. The maximum Gasteiger partial charge on any atom is 0.0726 e. The molecule has 4 nitrogen and oxygen atoms in total. The minimum atomic E-state index is 0.871. The van der Waals surface area contributed by atoms with E-state index < -0.39 is 0 Å². The second-order valence-corrected chi connectivity index (χ2v) is 8.63. The average molecular weight is 423 g/mol. The number of rotatable bonds is 7. The van der Waals surface area contributed by atoms with Gasteiger partial charge in [-0.25, -0.2) is 0 Å². The Balaban J connectivity index is 1.17. The van der Waals surface area contributed by atoms with E-state index in [1.807, 2.05) is 13.0 Å². The van der Waals surface area contributed by atoms with Gasteiger partial charge >= 0.3 is 0 Å². The van der Waals surface area contributed by atoms with Crippen LogP contribution in [0.3, 0.4) is 0 Å². The molecule has 0 spiro atoms. The molecule has 5 rings (SSSR count). The number of pyridine rings is 1. The van der Waals surface area contributed by atoms with Crippen molar-refractivity contribution in [2.45, 2.75) is 26.4 Å². The first-order chi connectivity index (χ1) is 15.7. The van der Waals surface area contributed by atoms with Crippen LogP contribution in [0.4, 0.5) is 11.4 Å². The molecule has 1 aliphatic heterocycles. The van der Waals surface area contributed by atoms with Gasteiger partial charge in [-0.15, -0.1) is 0 Å². The zero-order valence-corrected chi connectivity index (χ0v) is 18.6. The van der Waals surface area contributed by atoms with Crippen molar-refractivity contribution in [1.82, 2.24) is 15.2 Å². The minimum absolute atomic E-state index is 0.871. The second-order valence-electron chi connectivity index (χ2n) is 8.63. The highest BCUT2D eigenvalue weighted by Gasteiger charge is 2.14. The Morgan fingerprint density at radius 3 is 2.69 bits per heavy atom. The zero-order chi connectivity index (χ0) is 21.8. The van der Waals surface area contributed by atoms with E-state index >= 15 is 0 Å². The van der Waals surface area contributed by atoms with Crippen LogP contribution in [-0.2, 0) is 19.5 Å². The van der Waals surface area contributed by atoms with E-state index in [-0.39, 0.29) is 0 Å². The van der Waals surface area contributed by atoms with Gasteiger partial charge in [-0.05, 0) is 54.3 Å². The van der Waals surface area contributed by atoms with Gasteiger partial charge in [0.2, 0.25) is 0 Å². The summed E-state index contributed by atoms with van der Waals surface area (Å²) in [5.41, 5.74) is 8.53. The summed E-state index contributed by atoms with van der Waals surface area (Å²) in [6, 6.07) is 27.9. The first kappa shape index (κ1) is 20.7. The fraction of sp³-hybridized carbons (Fsp3) is 0.250. The third kappa shape index (κ3) is 4.82. The maximum absolute atomic E-state index is 4.64. The largest absolute Gasteiger partial charge is 0.355 e. The number of aromatic nitrogens is 1. The molecular formula is C28H30N4. The van der Waals surface area contributed by atoms with E-state index in [0.29, 0.717) is 0 Å². The number of benzene rings is 3. The van der Waals surface area contributed by atoms with Gasteiger partial charge in [0.05, 0.1) is 5.52 Å². The van der Waals surface area contributed by atoms with Crippen LogP contribution in [0, 0.1) is 6.92 Å². The van der Waals surface area contributed by atoms with Crippen molar-refractivity contribution >= 4 is 22.3 Å². The fourth-order valence-corrected chi connectivity index (χ4v) is 4.54. The smallest absolute Gasteiger partial charge is 0.0726 e. The summed E-state index contributed by atoms with van der Waals surface area (Å²) in [6.45, 7) is 7.20. The van der Waals surface area contributed by atoms with Crippen LogP contribution in [0.2, 0.25) is 0 Å². The number of fused-ring (bicyclic) bond motifs is 2. The Morgan fingerprint density at radius 1 is 0.906 bits per heavy atom. The number of para-hydroxylation sites is 1. The normalized spacial score (nSPS) is 13.8. The van der Waals surface area contributed by atoms with Gasteiger partial charge in [0.1, 0.15) is 0 Å². The van der Waals surface area contributed by atoms with Crippen LogP contribution < -0.4 is 10.6 Å². The van der Waals surface area contributed by atoms with E-state index in [4.69, 9.17) is 0 Å². The molecule has 32 heavy (non-hydrogen) atoms. The molecule has 4 heteroatoms. The third-order valence-corrected chi connectivity index (χ3v) is 6.19. The standard InChI is InChI=1S/C28H30N4/c1-21-17-28(26-11-4-5-12-27(26)30-21)31-25-10-6-7-22(18-25)19-29-14-16-32-15-13-23-8-2-3-9-24(23)20-32/h2-12,17-18,29H,13-16,19-20H2,1H3,(H,30,31). The van der Waals surface area contributed by atoms with E-state index in [1.165, 1.54) is 16.7 Å². The monoisotopic (exact) mass is 422 g/mol. The number of hydrogen-bond acceptors (Lipinski definition) is 4. The zero-order valence-electron chi connectivity index (χ0n) is 18.6. The molecule has 162 valence electrons. The van der Waals surface area contributed by atoms with Crippen LogP contribution in [-0.4, -0.2) is 29.5 Å². The second kappa shape index (κ2) is 9.51. The van der Waals surface area contributed by atoms with Crippen LogP contribution in [0.15, 0.2) is 78.9 Å². The lowest BCUT2D eigenvalue weighted by Gasteiger charge is -2.28. The molecule has 3 aromatic carbocycles. The van der Waals surface area contributed by atoms with Crippen molar-refractivity contribution in [3.63, 3.8) is 0 Å². The molecule has 1 aliphatic rings. The molecule has 0 bridgehead atoms. The van der Waals surface area contributed by atoms with E-state index in [2.05, 4.69) is 93.3 Å². The molecule has 0 saturated carbocycles. The van der Waals surface area contributed by atoms with Crippen LogP contribution in [0.1, 0.15) is 22.4 Å². The van der Waals surface area contributed by atoms with Gasteiger partial charge in [-0.1, -0.05) is 54.6 Å². The fourth-order valence-electron chi connectivity index (χ4n) is 4.54. The summed E-state index contributed by atoms with van der Waals surface area (Å²) in [7, 11) is 0. The van der Waals surface area contributed by atoms with Crippen LogP contribution in [0.5, 0.6) is 0 Å². The van der Waals surface area contributed by atoms with Gasteiger partial charge in [-0.2, -0.15) is 0 Å². The molecule has 1 aromatic heterocycles. The summed E-state index contributed by atoms with van der Waals surface area (Å²) in [4.78, 5) is 7.19. The Labute approximate surface area is 190 Å². The molecule has 0 unspecified atom stereocenters. The lowest BCUT2D eigenvalue weighted by atomic mass is 10.00. The quantitative estimate of drug-likeness (QED) is 0.389. The van der Waals surface area contributed by atoms with Crippen LogP contribution >= 0.6 is 0 Å². The van der Waals surface area contributed by atoms with Crippen molar-refractivity contribution < 1.29 is 0 Å². The Bertz CT molecular complexity index is 1220.